The molecule has 0 atom stereocenters. The maximum absolute atomic E-state index is 12.6. The highest BCUT2D eigenvalue weighted by Crippen LogP contribution is 2.18. The summed E-state index contributed by atoms with van der Waals surface area (Å²) in [7, 11) is -2.25. The molecule has 0 N–H and O–H groups in total. The highest BCUT2D eigenvalue weighted by Gasteiger charge is 2.30. The molecule has 0 unspecified atom stereocenters. The normalized spacial score (nSPS) is 15.0. The first-order chi connectivity index (χ1) is 13.9. The number of sulfonamides is 1. The number of carbonyl (C=O) groups excluding carboxylic acids is 2. The van der Waals surface area contributed by atoms with Crippen molar-refractivity contribution in [3.8, 4) is 5.75 Å². The van der Waals surface area contributed by atoms with Gasteiger partial charge in [-0.15, -0.1) is 0 Å². The Morgan fingerprint density at radius 1 is 0.931 bits per heavy atom. The van der Waals surface area contributed by atoms with Gasteiger partial charge in [0.2, 0.25) is 10.0 Å². The number of piperazine rings is 1. The Hall–Kier alpha value is -2.91. The Balaban J connectivity index is 1.51. The monoisotopic (exact) mass is 418 g/mol. The van der Waals surface area contributed by atoms with Crippen LogP contribution in [-0.2, 0) is 19.6 Å². The molecule has 2 aromatic rings. The number of nitrogens with zero attached hydrogens (tertiary/aromatic N) is 2. The maximum Gasteiger partial charge on any atom is 0.337 e. The van der Waals surface area contributed by atoms with Crippen molar-refractivity contribution < 1.29 is 27.5 Å². The van der Waals surface area contributed by atoms with Gasteiger partial charge in [-0.05, 0) is 36.4 Å². The van der Waals surface area contributed by atoms with E-state index in [4.69, 9.17) is 4.74 Å². The first-order valence-electron chi connectivity index (χ1n) is 9.06. The number of carbonyl (C=O) groups is 2. The van der Waals surface area contributed by atoms with Gasteiger partial charge in [0.15, 0.2) is 6.61 Å². The lowest BCUT2D eigenvalue weighted by molar-refractivity contribution is -0.134. The number of amides is 1. The zero-order valence-electron chi connectivity index (χ0n) is 16.0. The second-order valence-corrected chi connectivity index (χ2v) is 8.34. The van der Waals surface area contributed by atoms with Crippen molar-refractivity contribution in [2.24, 2.45) is 0 Å². The fourth-order valence-corrected chi connectivity index (χ4v) is 4.40. The molecule has 2 aromatic carbocycles. The van der Waals surface area contributed by atoms with Crippen molar-refractivity contribution in [3.63, 3.8) is 0 Å². The lowest BCUT2D eigenvalue weighted by Gasteiger charge is -2.33. The van der Waals surface area contributed by atoms with E-state index < -0.39 is 16.0 Å². The molecule has 0 radical (unpaired) electrons. The van der Waals surface area contributed by atoms with Gasteiger partial charge >= 0.3 is 5.97 Å². The number of methoxy groups -OCH3 is 1. The molecular weight excluding hydrogens is 396 g/mol. The fourth-order valence-electron chi connectivity index (χ4n) is 2.96. The third kappa shape index (κ3) is 4.93. The van der Waals surface area contributed by atoms with Crippen LogP contribution in [0, 0.1) is 0 Å². The Kier molecular flexibility index (Phi) is 6.50. The highest BCUT2D eigenvalue weighted by atomic mass is 32.2. The number of rotatable bonds is 6. The molecule has 9 heteroatoms. The number of benzene rings is 2. The van der Waals surface area contributed by atoms with Gasteiger partial charge in [0.1, 0.15) is 5.75 Å². The van der Waals surface area contributed by atoms with E-state index in [1.807, 2.05) is 0 Å². The number of ether oxygens (including phenoxy) is 2. The molecule has 0 bridgehead atoms. The van der Waals surface area contributed by atoms with Crippen LogP contribution < -0.4 is 4.74 Å². The standard InChI is InChI=1S/C20H22N2O6S/c1-27-20(24)16-7-9-17(10-8-16)28-15-19(23)21-11-13-22(14-12-21)29(25,26)18-5-3-2-4-6-18/h2-10H,11-15H2,1H3. The third-order valence-corrected chi connectivity index (χ3v) is 6.52. The summed E-state index contributed by atoms with van der Waals surface area (Å²) in [6, 6.07) is 14.5. The van der Waals surface area contributed by atoms with E-state index in [9.17, 15) is 18.0 Å². The van der Waals surface area contributed by atoms with Crippen molar-refractivity contribution in [2.75, 3.05) is 39.9 Å². The van der Waals surface area contributed by atoms with E-state index in [1.165, 1.54) is 11.4 Å². The molecule has 1 fully saturated rings. The lowest BCUT2D eigenvalue weighted by Crippen LogP contribution is -2.51. The first kappa shape index (κ1) is 20.8. The van der Waals surface area contributed by atoms with E-state index in [0.717, 1.165) is 0 Å². The Labute approximate surface area is 169 Å². The largest absolute Gasteiger partial charge is 0.484 e. The molecule has 0 aromatic heterocycles. The van der Waals surface area contributed by atoms with Crippen LogP contribution in [0.1, 0.15) is 10.4 Å². The summed E-state index contributed by atoms with van der Waals surface area (Å²) in [6.07, 6.45) is 0. The van der Waals surface area contributed by atoms with Crippen molar-refractivity contribution in [1.82, 2.24) is 9.21 Å². The predicted molar refractivity (Wildman–Crippen MR) is 105 cm³/mol. The van der Waals surface area contributed by atoms with Crippen LogP contribution in [0.2, 0.25) is 0 Å². The summed E-state index contributed by atoms with van der Waals surface area (Å²) < 4.78 is 36.8. The molecule has 1 saturated heterocycles. The summed E-state index contributed by atoms with van der Waals surface area (Å²) in [5, 5.41) is 0. The Bertz CT molecular complexity index is 952. The second-order valence-electron chi connectivity index (χ2n) is 6.40. The molecule has 1 aliphatic rings. The molecule has 154 valence electrons. The quantitative estimate of drug-likeness (QED) is 0.658. The zero-order chi connectivity index (χ0) is 20.9. The van der Waals surface area contributed by atoms with Crippen molar-refractivity contribution in [3.05, 3.63) is 60.2 Å². The van der Waals surface area contributed by atoms with Gasteiger partial charge in [0.05, 0.1) is 17.6 Å². The van der Waals surface area contributed by atoms with E-state index in [-0.39, 0.29) is 30.5 Å². The number of hydrogen-bond acceptors (Lipinski definition) is 6. The molecule has 1 aliphatic heterocycles. The number of esters is 1. The van der Waals surface area contributed by atoms with Crippen LogP contribution in [0.3, 0.4) is 0 Å². The van der Waals surface area contributed by atoms with Gasteiger partial charge in [-0.3, -0.25) is 4.79 Å². The van der Waals surface area contributed by atoms with E-state index in [2.05, 4.69) is 4.74 Å². The van der Waals surface area contributed by atoms with Crippen LogP contribution >= 0.6 is 0 Å². The second kappa shape index (κ2) is 9.06. The minimum absolute atomic E-state index is 0.164. The van der Waals surface area contributed by atoms with Crippen LogP contribution in [0.15, 0.2) is 59.5 Å². The summed E-state index contributed by atoms with van der Waals surface area (Å²) in [4.78, 5) is 25.6. The Morgan fingerprint density at radius 2 is 1.55 bits per heavy atom. The molecular formula is C20H22N2O6S. The smallest absolute Gasteiger partial charge is 0.337 e. The molecule has 3 rings (SSSR count). The van der Waals surface area contributed by atoms with Crippen LogP contribution in [-0.4, -0.2) is 69.4 Å². The van der Waals surface area contributed by atoms with E-state index in [1.54, 1.807) is 59.5 Å². The lowest BCUT2D eigenvalue weighted by atomic mass is 10.2. The summed E-state index contributed by atoms with van der Waals surface area (Å²) in [5.41, 5.74) is 0.391. The highest BCUT2D eigenvalue weighted by molar-refractivity contribution is 7.89. The van der Waals surface area contributed by atoms with Gasteiger partial charge in [-0.1, -0.05) is 18.2 Å². The molecule has 0 aliphatic carbocycles. The SMILES string of the molecule is COC(=O)c1ccc(OCC(=O)N2CCN(S(=O)(=O)c3ccccc3)CC2)cc1. The summed E-state index contributed by atoms with van der Waals surface area (Å²) in [6.45, 7) is 0.904. The van der Waals surface area contributed by atoms with Crippen LogP contribution in [0.5, 0.6) is 5.75 Å². The molecule has 1 amide bonds. The van der Waals surface area contributed by atoms with Gasteiger partial charge in [0.25, 0.3) is 5.91 Å². The van der Waals surface area contributed by atoms with Gasteiger partial charge in [0, 0.05) is 26.2 Å². The zero-order valence-corrected chi connectivity index (χ0v) is 16.8. The van der Waals surface area contributed by atoms with E-state index in [0.29, 0.717) is 24.4 Å². The minimum Gasteiger partial charge on any atom is -0.484 e. The topological polar surface area (TPSA) is 93.2 Å². The molecule has 0 saturated carbocycles. The summed E-state index contributed by atoms with van der Waals surface area (Å²) in [5.74, 6) is -0.217. The number of hydrogen-bond donors (Lipinski definition) is 0. The van der Waals surface area contributed by atoms with Gasteiger partial charge < -0.3 is 14.4 Å². The average molecular weight is 418 g/mol. The fraction of sp³-hybridized carbons (Fsp3) is 0.300. The molecule has 0 spiro atoms. The molecule has 1 heterocycles. The van der Waals surface area contributed by atoms with Crippen LogP contribution in [0.4, 0.5) is 0 Å². The molecule has 29 heavy (non-hydrogen) atoms. The third-order valence-electron chi connectivity index (χ3n) is 4.61. The van der Waals surface area contributed by atoms with Gasteiger partial charge in [-0.2, -0.15) is 4.31 Å². The first-order valence-corrected chi connectivity index (χ1v) is 10.5. The van der Waals surface area contributed by atoms with Crippen LogP contribution in [0.25, 0.3) is 0 Å². The van der Waals surface area contributed by atoms with Crippen molar-refractivity contribution >= 4 is 21.9 Å². The molecule has 8 nitrogen and oxygen atoms in total. The van der Waals surface area contributed by atoms with Crippen molar-refractivity contribution in [1.29, 1.82) is 0 Å². The van der Waals surface area contributed by atoms with Crippen molar-refractivity contribution in [2.45, 2.75) is 4.90 Å². The van der Waals surface area contributed by atoms with Gasteiger partial charge in [-0.25, -0.2) is 13.2 Å². The maximum atomic E-state index is 12.6. The summed E-state index contributed by atoms with van der Waals surface area (Å²) >= 11 is 0. The minimum atomic E-state index is -3.55. The predicted octanol–water partition coefficient (Wildman–Crippen LogP) is 1.39. The Morgan fingerprint density at radius 3 is 2.14 bits per heavy atom. The van der Waals surface area contributed by atoms with E-state index >= 15 is 0 Å². The average Bonchev–Trinajstić information content (AvgIpc) is 2.78.